The lowest BCUT2D eigenvalue weighted by atomic mass is 10.1. The van der Waals surface area contributed by atoms with Crippen LogP contribution in [0, 0.1) is 11.7 Å². The van der Waals surface area contributed by atoms with E-state index < -0.39 is 5.82 Å². The van der Waals surface area contributed by atoms with Crippen LogP contribution in [0.4, 0.5) is 15.8 Å². The van der Waals surface area contributed by atoms with Crippen molar-refractivity contribution in [2.45, 2.75) is 13.8 Å². The summed E-state index contributed by atoms with van der Waals surface area (Å²) in [5.41, 5.74) is 1.79. The Morgan fingerprint density at radius 3 is 2.29 bits per heavy atom. The zero-order chi connectivity index (χ0) is 20.3. The Morgan fingerprint density at radius 2 is 1.68 bits per heavy atom. The molecule has 7 heteroatoms. The molecule has 0 spiro atoms. The van der Waals surface area contributed by atoms with Crippen molar-refractivity contribution in [1.82, 2.24) is 4.90 Å². The van der Waals surface area contributed by atoms with Crippen LogP contribution in [0.2, 0.25) is 5.02 Å². The monoisotopic (exact) mass is 403 g/mol. The van der Waals surface area contributed by atoms with Gasteiger partial charge in [0.2, 0.25) is 5.91 Å². The number of carbonyl (C=O) groups excluding carboxylic acids is 2. The second kappa shape index (κ2) is 8.61. The third-order valence-corrected chi connectivity index (χ3v) is 4.97. The van der Waals surface area contributed by atoms with Gasteiger partial charge in [0.1, 0.15) is 5.82 Å². The SMILES string of the molecule is CC(C)C(=O)N1CCN(c2ccc(Cl)cc2NC(=O)c2ccc(F)cc2)CC1. The fraction of sp³-hybridized carbons (Fsp3) is 0.333. The van der Waals surface area contributed by atoms with Gasteiger partial charge < -0.3 is 15.1 Å². The van der Waals surface area contributed by atoms with Crippen molar-refractivity contribution in [3.63, 3.8) is 0 Å². The van der Waals surface area contributed by atoms with Crippen LogP contribution in [0.3, 0.4) is 0 Å². The Balaban J connectivity index is 1.75. The van der Waals surface area contributed by atoms with Gasteiger partial charge in [-0.1, -0.05) is 25.4 Å². The topological polar surface area (TPSA) is 52.7 Å². The third kappa shape index (κ3) is 4.62. The van der Waals surface area contributed by atoms with Gasteiger partial charge in [-0.25, -0.2) is 4.39 Å². The minimum Gasteiger partial charge on any atom is -0.366 e. The largest absolute Gasteiger partial charge is 0.366 e. The molecule has 2 amide bonds. The van der Waals surface area contributed by atoms with Crippen molar-refractivity contribution in [2.24, 2.45) is 5.92 Å². The molecule has 28 heavy (non-hydrogen) atoms. The maximum atomic E-state index is 13.1. The predicted molar refractivity (Wildman–Crippen MR) is 109 cm³/mol. The fourth-order valence-electron chi connectivity index (χ4n) is 3.21. The van der Waals surface area contributed by atoms with Crippen LogP contribution in [0.1, 0.15) is 24.2 Å². The zero-order valence-electron chi connectivity index (χ0n) is 15.9. The summed E-state index contributed by atoms with van der Waals surface area (Å²) in [6.07, 6.45) is 0. The number of hydrogen-bond donors (Lipinski definition) is 1. The lowest BCUT2D eigenvalue weighted by molar-refractivity contribution is -0.134. The van der Waals surface area contributed by atoms with E-state index in [1.807, 2.05) is 24.8 Å². The van der Waals surface area contributed by atoms with Gasteiger partial charge in [-0.15, -0.1) is 0 Å². The highest BCUT2D eigenvalue weighted by atomic mass is 35.5. The number of anilines is 2. The molecule has 1 N–H and O–H groups in total. The molecule has 0 atom stereocenters. The molecule has 2 aromatic carbocycles. The summed E-state index contributed by atoms with van der Waals surface area (Å²) in [5.74, 6) is -0.598. The summed E-state index contributed by atoms with van der Waals surface area (Å²) in [4.78, 5) is 28.7. The van der Waals surface area contributed by atoms with Crippen LogP contribution < -0.4 is 10.2 Å². The summed E-state index contributed by atoms with van der Waals surface area (Å²) in [7, 11) is 0. The highest BCUT2D eigenvalue weighted by Crippen LogP contribution is 2.30. The van der Waals surface area contributed by atoms with Crippen LogP contribution in [-0.4, -0.2) is 42.9 Å². The maximum absolute atomic E-state index is 13.1. The van der Waals surface area contributed by atoms with Crippen molar-refractivity contribution in [2.75, 3.05) is 36.4 Å². The van der Waals surface area contributed by atoms with E-state index in [0.717, 1.165) is 5.69 Å². The highest BCUT2D eigenvalue weighted by molar-refractivity contribution is 6.31. The van der Waals surface area contributed by atoms with Crippen molar-refractivity contribution in [3.05, 3.63) is 58.9 Å². The number of amides is 2. The number of nitrogens with zero attached hydrogens (tertiary/aromatic N) is 2. The maximum Gasteiger partial charge on any atom is 0.255 e. The standard InChI is InChI=1S/C21H23ClFN3O2/c1-14(2)21(28)26-11-9-25(10-12-26)19-8-5-16(22)13-18(19)24-20(27)15-3-6-17(23)7-4-15/h3-8,13-14H,9-12H2,1-2H3,(H,24,27). The average Bonchev–Trinajstić information content (AvgIpc) is 2.68. The van der Waals surface area contributed by atoms with Gasteiger partial charge >= 0.3 is 0 Å². The first kappa shape index (κ1) is 20.1. The molecule has 1 aliphatic rings. The lowest BCUT2D eigenvalue weighted by Gasteiger charge is -2.37. The first-order valence-corrected chi connectivity index (χ1v) is 9.63. The van der Waals surface area contributed by atoms with Gasteiger partial charge in [0.25, 0.3) is 5.91 Å². The number of piperazine rings is 1. The number of nitrogens with one attached hydrogen (secondary N) is 1. The number of rotatable bonds is 4. The molecule has 0 bridgehead atoms. The molecule has 148 valence electrons. The normalized spacial score (nSPS) is 14.3. The second-order valence-electron chi connectivity index (χ2n) is 7.09. The van der Waals surface area contributed by atoms with Gasteiger partial charge in [-0.3, -0.25) is 9.59 Å². The van der Waals surface area contributed by atoms with E-state index in [9.17, 15) is 14.0 Å². The molecule has 1 fully saturated rings. The Hall–Kier alpha value is -2.60. The number of benzene rings is 2. The highest BCUT2D eigenvalue weighted by Gasteiger charge is 2.24. The van der Waals surface area contributed by atoms with E-state index in [1.165, 1.54) is 24.3 Å². The van der Waals surface area contributed by atoms with Crippen molar-refractivity contribution in [3.8, 4) is 0 Å². The van der Waals surface area contributed by atoms with Gasteiger partial charge in [-0.05, 0) is 42.5 Å². The molecule has 0 aliphatic carbocycles. The van der Waals surface area contributed by atoms with Crippen molar-refractivity contribution < 1.29 is 14.0 Å². The van der Waals surface area contributed by atoms with Crippen LogP contribution >= 0.6 is 11.6 Å². The summed E-state index contributed by atoms with van der Waals surface area (Å²) < 4.78 is 13.1. The van der Waals surface area contributed by atoms with Gasteiger partial charge in [0.05, 0.1) is 11.4 Å². The molecule has 3 rings (SSSR count). The summed E-state index contributed by atoms with van der Waals surface area (Å²) in [6, 6.07) is 10.7. The molecule has 0 unspecified atom stereocenters. The zero-order valence-corrected chi connectivity index (χ0v) is 16.7. The fourth-order valence-corrected chi connectivity index (χ4v) is 3.38. The van der Waals surface area contributed by atoms with E-state index in [1.54, 1.807) is 12.1 Å². The molecular weight excluding hydrogens is 381 g/mol. The van der Waals surface area contributed by atoms with E-state index in [2.05, 4.69) is 10.2 Å². The van der Waals surface area contributed by atoms with Gasteiger partial charge in [0.15, 0.2) is 0 Å². The van der Waals surface area contributed by atoms with Crippen LogP contribution in [0.25, 0.3) is 0 Å². The Kier molecular flexibility index (Phi) is 6.19. The minimum atomic E-state index is -0.395. The van der Waals surface area contributed by atoms with Crippen LogP contribution in [-0.2, 0) is 4.79 Å². The number of halogens is 2. The third-order valence-electron chi connectivity index (χ3n) is 4.74. The van der Waals surface area contributed by atoms with E-state index >= 15 is 0 Å². The van der Waals surface area contributed by atoms with Gasteiger partial charge in [-0.2, -0.15) is 0 Å². The van der Waals surface area contributed by atoms with Crippen molar-refractivity contribution >= 4 is 34.8 Å². The molecule has 2 aromatic rings. The summed E-state index contributed by atoms with van der Waals surface area (Å²) in [6.45, 7) is 6.39. The van der Waals surface area contributed by atoms with Crippen molar-refractivity contribution in [1.29, 1.82) is 0 Å². The molecular formula is C21H23ClFN3O2. The first-order valence-electron chi connectivity index (χ1n) is 9.25. The number of carbonyl (C=O) groups is 2. The Labute approximate surface area is 169 Å². The Bertz CT molecular complexity index is 862. The van der Waals surface area contributed by atoms with Gasteiger partial charge in [0, 0.05) is 42.7 Å². The molecule has 1 saturated heterocycles. The van der Waals surface area contributed by atoms with Crippen LogP contribution in [0.15, 0.2) is 42.5 Å². The average molecular weight is 404 g/mol. The molecule has 0 aromatic heterocycles. The molecule has 0 radical (unpaired) electrons. The second-order valence-corrected chi connectivity index (χ2v) is 7.53. The predicted octanol–water partition coefficient (Wildman–Crippen LogP) is 4.04. The lowest BCUT2D eigenvalue weighted by Crippen LogP contribution is -2.50. The first-order chi connectivity index (χ1) is 13.3. The molecule has 1 heterocycles. The van der Waals surface area contributed by atoms with Crippen LogP contribution in [0.5, 0.6) is 0 Å². The smallest absolute Gasteiger partial charge is 0.255 e. The minimum absolute atomic E-state index is 0.0207. The quantitative estimate of drug-likeness (QED) is 0.838. The number of hydrogen-bond acceptors (Lipinski definition) is 3. The summed E-state index contributed by atoms with van der Waals surface area (Å²) in [5, 5.41) is 3.37. The van der Waals surface area contributed by atoms with E-state index in [-0.39, 0.29) is 17.7 Å². The molecule has 1 aliphatic heterocycles. The molecule has 5 nitrogen and oxygen atoms in total. The summed E-state index contributed by atoms with van der Waals surface area (Å²) >= 11 is 6.13. The molecule has 0 saturated carbocycles. The van der Waals surface area contributed by atoms with E-state index in [4.69, 9.17) is 11.6 Å². The Morgan fingerprint density at radius 1 is 1.04 bits per heavy atom. The van der Waals surface area contributed by atoms with E-state index in [0.29, 0.717) is 42.5 Å².